The first-order valence-corrected chi connectivity index (χ1v) is 6.28. The minimum atomic E-state index is -0.374. The molecule has 0 radical (unpaired) electrons. The molecule has 1 aromatic carbocycles. The number of aryl methyl sites for hydroxylation is 2. The van der Waals surface area contributed by atoms with Crippen molar-refractivity contribution >= 4 is 37.6 Å². The van der Waals surface area contributed by atoms with Gasteiger partial charge in [-0.1, -0.05) is 31.9 Å². The zero-order valence-corrected chi connectivity index (χ0v) is 12.0. The summed E-state index contributed by atoms with van der Waals surface area (Å²) < 4.78 is 4.82. The number of hydrogen-bond acceptors (Lipinski definition) is 2. The van der Waals surface area contributed by atoms with Crippen LogP contribution in [-0.4, -0.2) is 16.6 Å². The number of ketones is 1. The summed E-state index contributed by atoms with van der Waals surface area (Å²) in [4.78, 5) is 11.8. The van der Waals surface area contributed by atoms with Crippen molar-refractivity contribution in [3.63, 3.8) is 0 Å². The van der Waals surface area contributed by atoms with Gasteiger partial charge in [0.2, 0.25) is 0 Å². The van der Waals surface area contributed by atoms with E-state index in [0.717, 1.165) is 11.1 Å². The molecule has 0 fully saturated rings. The fraction of sp³-hybridized carbons (Fsp3) is 0.364. The van der Waals surface area contributed by atoms with E-state index in [4.69, 9.17) is 4.74 Å². The molecule has 0 spiro atoms. The second-order valence-corrected chi connectivity index (χ2v) is 6.36. The Morgan fingerprint density at radius 2 is 1.80 bits per heavy atom. The van der Waals surface area contributed by atoms with E-state index in [0.29, 0.717) is 11.3 Å². The van der Waals surface area contributed by atoms with Crippen LogP contribution in [0.5, 0.6) is 5.75 Å². The van der Waals surface area contributed by atoms with Crippen molar-refractivity contribution in [2.45, 2.75) is 17.6 Å². The number of benzene rings is 1. The highest BCUT2D eigenvalue weighted by Gasteiger charge is 2.18. The van der Waals surface area contributed by atoms with Gasteiger partial charge in [0.15, 0.2) is 5.78 Å². The molecule has 0 aliphatic carbocycles. The van der Waals surface area contributed by atoms with Crippen molar-refractivity contribution in [1.82, 2.24) is 0 Å². The van der Waals surface area contributed by atoms with Gasteiger partial charge in [0.25, 0.3) is 0 Å². The summed E-state index contributed by atoms with van der Waals surface area (Å²) in [5, 5.41) is 0. The van der Waals surface area contributed by atoms with E-state index in [1.807, 2.05) is 26.0 Å². The van der Waals surface area contributed by atoms with Gasteiger partial charge < -0.3 is 4.74 Å². The van der Waals surface area contributed by atoms with Gasteiger partial charge in [0.1, 0.15) is 9.49 Å². The molecule has 2 nitrogen and oxygen atoms in total. The molecule has 15 heavy (non-hydrogen) atoms. The molecule has 0 aromatic heterocycles. The summed E-state index contributed by atoms with van der Waals surface area (Å²) in [5.41, 5.74) is 2.79. The van der Waals surface area contributed by atoms with Crippen LogP contribution in [0.15, 0.2) is 12.1 Å². The number of ether oxygens (including phenoxy) is 1. The topological polar surface area (TPSA) is 26.3 Å². The zero-order chi connectivity index (χ0) is 11.6. The molecular formula is C11H12Br2O2. The lowest BCUT2D eigenvalue weighted by Gasteiger charge is -2.11. The van der Waals surface area contributed by atoms with Crippen molar-refractivity contribution < 1.29 is 9.53 Å². The van der Waals surface area contributed by atoms with Gasteiger partial charge in [-0.25, -0.2) is 0 Å². The molecule has 0 N–H and O–H groups in total. The van der Waals surface area contributed by atoms with Crippen LogP contribution < -0.4 is 4.74 Å². The Morgan fingerprint density at radius 1 is 1.27 bits per heavy atom. The van der Waals surface area contributed by atoms with Crippen molar-refractivity contribution in [3.8, 4) is 5.75 Å². The molecule has 0 saturated heterocycles. The van der Waals surface area contributed by atoms with E-state index >= 15 is 0 Å². The van der Waals surface area contributed by atoms with Crippen LogP contribution in [0.25, 0.3) is 0 Å². The quantitative estimate of drug-likeness (QED) is 0.623. The molecule has 0 aliphatic heterocycles. The Bertz CT molecular complexity index is 386. The van der Waals surface area contributed by atoms with Crippen LogP contribution in [-0.2, 0) is 0 Å². The fourth-order valence-corrected chi connectivity index (χ4v) is 1.76. The van der Waals surface area contributed by atoms with Crippen LogP contribution in [0.3, 0.4) is 0 Å². The number of alkyl halides is 2. The molecule has 1 rings (SSSR count). The van der Waals surface area contributed by atoms with Crippen molar-refractivity contribution in [1.29, 1.82) is 0 Å². The number of carbonyl (C=O) groups is 1. The Labute approximate surface area is 106 Å². The maximum absolute atomic E-state index is 11.8. The molecule has 0 amide bonds. The fourth-order valence-electron chi connectivity index (χ4n) is 1.27. The average molecular weight is 336 g/mol. The first-order chi connectivity index (χ1) is 6.97. The normalized spacial score (nSPS) is 10.5. The maximum atomic E-state index is 11.8. The van der Waals surface area contributed by atoms with Gasteiger partial charge in [-0.2, -0.15) is 0 Å². The second-order valence-electron chi connectivity index (χ2n) is 3.30. The number of Topliss-reactive ketones (excluding diaryl/α,β-unsaturated/α-hetero) is 1. The molecule has 0 saturated carbocycles. The van der Waals surface area contributed by atoms with E-state index in [-0.39, 0.29) is 9.52 Å². The lowest BCUT2D eigenvalue weighted by molar-refractivity contribution is 0.101. The lowest BCUT2D eigenvalue weighted by Crippen LogP contribution is -2.09. The molecular weight excluding hydrogens is 324 g/mol. The highest BCUT2D eigenvalue weighted by molar-refractivity contribution is 9.25. The average Bonchev–Trinajstić information content (AvgIpc) is 2.20. The molecule has 0 bridgehead atoms. The van der Waals surface area contributed by atoms with E-state index in [9.17, 15) is 4.79 Å². The van der Waals surface area contributed by atoms with Crippen molar-refractivity contribution in [2.75, 3.05) is 7.11 Å². The summed E-state index contributed by atoms with van der Waals surface area (Å²) in [6.07, 6.45) is 0. The van der Waals surface area contributed by atoms with Gasteiger partial charge in [-0.3, -0.25) is 4.79 Å². The SMILES string of the molecule is COc1cc(C)c(C)cc1C(=O)C(Br)Br. The summed E-state index contributed by atoms with van der Waals surface area (Å²) in [7, 11) is 1.57. The monoisotopic (exact) mass is 334 g/mol. The number of hydrogen-bond donors (Lipinski definition) is 0. The van der Waals surface area contributed by atoms with Crippen LogP contribution in [0, 0.1) is 13.8 Å². The number of carbonyl (C=O) groups excluding carboxylic acids is 1. The molecule has 0 unspecified atom stereocenters. The predicted molar refractivity (Wildman–Crippen MR) is 68.4 cm³/mol. The lowest BCUT2D eigenvalue weighted by atomic mass is 10.0. The molecule has 0 atom stereocenters. The third-order valence-electron chi connectivity index (χ3n) is 2.28. The third kappa shape index (κ3) is 2.82. The van der Waals surface area contributed by atoms with Crippen LogP contribution in [0.2, 0.25) is 0 Å². The third-order valence-corrected chi connectivity index (χ3v) is 3.11. The zero-order valence-electron chi connectivity index (χ0n) is 8.80. The summed E-state index contributed by atoms with van der Waals surface area (Å²) in [6, 6.07) is 3.73. The van der Waals surface area contributed by atoms with Gasteiger partial charge in [-0.15, -0.1) is 0 Å². The van der Waals surface area contributed by atoms with Crippen LogP contribution in [0.1, 0.15) is 21.5 Å². The first-order valence-electron chi connectivity index (χ1n) is 4.45. The molecule has 82 valence electrons. The number of rotatable bonds is 3. The highest BCUT2D eigenvalue weighted by atomic mass is 79.9. The Hall–Kier alpha value is -0.350. The second kappa shape index (κ2) is 5.12. The molecule has 0 heterocycles. The smallest absolute Gasteiger partial charge is 0.190 e. The minimum Gasteiger partial charge on any atom is -0.496 e. The number of halogens is 2. The number of methoxy groups -OCH3 is 1. The minimum absolute atomic E-state index is 0.0325. The van der Waals surface area contributed by atoms with E-state index in [2.05, 4.69) is 31.9 Å². The van der Waals surface area contributed by atoms with Crippen LogP contribution in [0.4, 0.5) is 0 Å². The molecule has 1 aromatic rings. The van der Waals surface area contributed by atoms with E-state index < -0.39 is 0 Å². The van der Waals surface area contributed by atoms with Gasteiger partial charge in [0.05, 0.1) is 12.7 Å². The van der Waals surface area contributed by atoms with Crippen LogP contribution >= 0.6 is 31.9 Å². The maximum Gasteiger partial charge on any atom is 0.190 e. The van der Waals surface area contributed by atoms with Gasteiger partial charge in [0, 0.05) is 0 Å². The summed E-state index contributed by atoms with van der Waals surface area (Å²) in [6.45, 7) is 3.97. The standard InChI is InChI=1S/C11H12Br2O2/c1-6-4-8(10(14)11(12)13)9(15-3)5-7(6)2/h4-5,11H,1-3H3. The Morgan fingerprint density at radius 3 is 2.27 bits per heavy atom. The van der Waals surface area contributed by atoms with Crippen molar-refractivity contribution in [2.24, 2.45) is 0 Å². The molecule has 0 aliphatic rings. The Balaban J connectivity index is 3.27. The van der Waals surface area contributed by atoms with Crippen molar-refractivity contribution in [3.05, 3.63) is 28.8 Å². The Kier molecular flexibility index (Phi) is 4.34. The summed E-state index contributed by atoms with van der Waals surface area (Å²) in [5.74, 6) is 0.585. The predicted octanol–water partition coefficient (Wildman–Crippen LogP) is 3.61. The largest absolute Gasteiger partial charge is 0.496 e. The first kappa shape index (κ1) is 12.7. The highest BCUT2D eigenvalue weighted by Crippen LogP contribution is 2.27. The van der Waals surface area contributed by atoms with Gasteiger partial charge >= 0.3 is 0 Å². The van der Waals surface area contributed by atoms with Gasteiger partial charge in [-0.05, 0) is 37.1 Å². The molecule has 4 heteroatoms. The van der Waals surface area contributed by atoms with E-state index in [1.54, 1.807) is 7.11 Å². The van der Waals surface area contributed by atoms with E-state index in [1.165, 1.54) is 0 Å². The summed E-state index contributed by atoms with van der Waals surface area (Å²) >= 11 is 6.39.